The number of anilines is 2. The summed E-state index contributed by atoms with van der Waals surface area (Å²) in [5.74, 6) is -1.40. The number of rotatable bonds is 2. The minimum absolute atomic E-state index is 0.119. The van der Waals surface area contributed by atoms with Gasteiger partial charge >= 0.3 is 11.8 Å². The molecule has 0 saturated carbocycles. The second kappa shape index (κ2) is 6.65. The van der Waals surface area contributed by atoms with Gasteiger partial charge in [0, 0.05) is 22.1 Å². The molecule has 0 unspecified atom stereocenters. The van der Waals surface area contributed by atoms with Crippen molar-refractivity contribution in [1.82, 2.24) is 0 Å². The first-order chi connectivity index (χ1) is 12.0. The third-order valence-corrected chi connectivity index (χ3v) is 4.12. The van der Waals surface area contributed by atoms with E-state index in [2.05, 4.69) is 10.6 Å². The molecule has 0 aliphatic heterocycles. The normalized spacial score (nSPS) is 10.5. The van der Waals surface area contributed by atoms with Gasteiger partial charge in [-0.25, -0.2) is 0 Å². The van der Waals surface area contributed by atoms with Crippen LogP contribution in [-0.4, -0.2) is 16.9 Å². The quantitative estimate of drug-likeness (QED) is 0.625. The summed E-state index contributed by atoms with van der Waals surface area (Å²) in [6.07, 6.45) is 0. The molecule has 25 heavy (non-hydrogen) atoms. The summed E-state index contributed by atoms with van der Waals surface area (Å²) in [5.41, 5.74) is 3.17. The molecule has 0 atom stereocenters. The van der Waals surface area contributed by atoms with Gasteiger partial charge in [-0.2, -0.15) is 0 Å². The summed E-state index contributed by atoms with van der Waals surface area (Å²) < 4.78 is 0. The molecule has 0 aromatic heterocycles. The van der Waals surface area contributed by atoms with E-state index in [0.29, 0.717) is 22.1 Å². The van der Waals surface area contributed by atoms with Crippen LogP contribution >= 0.6 is 0 Å². The average molecular weight is 334 g/mol. The lowest BCUT2D eigenvalue weighted by atomic mass is 10.1. The molecular weight excluding hydrogens is 316 g/mol. The zero-order chi connectivity index (χ0) is 18.0. The maximum atomic E-state index is 12.2. The number of phenolic OH excluding ortho intramolecular Hbond substituents is 1. The van der Waals surface area contributed by atoms with Crippen LogP contribution in [0.15, 0.2) is 54.6 Å². The highest BCUT2D eigenvalue weighted by Crippen LogP contribution is 2.29. The standard InChI is InChI=1S/C20H18N2O3/c1-12-9-10-14(11-13(12)2)21-19(24)20(25)22-17-7-3-6-16-15(17)5-4-8-18(16)23/h3-11,23H,1-2H3,(H,21,24)(H,22,25). The molecule has 126 valence electrons. The molecule has 0 bridgehead atoms. The van der Waals surface area contributed by atoms with E-state index in [-0.39, 0.29) is 5.75 Å². The Morgan fingerprint density at radius 3 is 2.24 bits per heavy atom. The molecule has 0 fully saturated rings. The number of amides is 2. The monoisotopic (exact) mass is 334 g/mol. The van der Waals surface area contributed by atoms with Crippen molar-refractivity contribution in [1.29, 1.82) is 0 Å². The lowest BCUT2D eigenvalue weighted by Gasteiger charge is -2.10. The molecule has 3 aromatic rings. The van der Waals surface area contributed by atoms with Gasteiger partial charge in [0.2, 0.25) is 0 Å². The highest BCUT2D eigenvalue weighted by atomic mass is 16.3. The lowest BCUT2D eigenvalue weighted by Crippen LogP contribution is -2.29. The molecule has 3 N–H and O–H groups in total. The van der Waals surface area contributed by atoms with Crippen molar-refractivity contribution >= 4 is 34.0 Å². The summed E-state index contributed by atoms with van der Waals surface area (Å²) in [5, 5.41) is 16.3. The molecular formula is C20H18N2O3. The fraction of sp³-hybridized carbons (Fsp3) is 0.100. The van der Waals surface area contributed by atoms with Crippen LogP contribution in [0.2, 0.25) is 0 Å². The zero-order valence-corrected chi connectivity index (χ0v) is 14.0. The number of hydrogen-bond donors (Lipinski definition) is 3. The maximum absolute atomic E-state index is 12.2. The minimum Gasteiger partial charge on any atom is -0.507 e. The number of phenols is 1. The molecule has 0 spiro atoms. The van der Waals surface area contributed by atoms with E-state index < -0.39 is 11.8 Å². The highest BCUT2D eigenvalue weighted by Gasteiger charge is 2.16. The first-order valence-electron chi connectivity index (χ1n) is 7.86. The number of carbonyl (C=O) groups excluding carboxylic acids is 2. The van der Waals surface area contributed by atoms with Crippen molar-refractivity contribution in [2.24, 2.45) is 0 Å². The van der Waals surface area contributed by atoms with Gasteiger partial charge in [-0.1, -0.05) is 30.3 Å². The van der Waals surface area contributed by atoms with E-state index in [1.165, 1.54) is 0 Å². The fourth-order valence-corrected chi connectivity index (χ4v) is 2.59. The van der Waals surface area contributed by atoms with Gasteiger partial charge in [-0.05, 0) is 49.2 Å². The Labute approximate surface area is 145 Å². The van der Waals surface area contributed by atoms with E-state index in [9.17, 15) is 14.7 Å². The van der Waals surface area contributed by atoms with Crippen LogP contribution < -0.4 is 10.6 Å². The maximum Gasteiger partial charge on any atom is 0.314 e. The van der Waals surface area contributed by atoms with E-state index >= 15 is 0 Å². The predicted octanol–water partition coefficient (Wildman–Crippen LogP) is 3.74. The van der Waals surface area contributed by atoms with Crippen molar-refractivity contribution in [3.63, 3.8) is 0 Å². The van der Waals surface area contributed by atoms with Crippen molar-refractivity contribution in [2.45, 2.75) is 13.8 Å². The smallest absolute Gasteiger partial charge is 0.314 e. The van der Waals surface area contributed by atoms with E-state index in [4.69, 9.17) is 0 Å². The number of aryl methyl sites for hydroxylation is 2. The second-order valence-corrected chi connectivity index (χ2v) is 5.89. The van der Waals surface area contributed by atoms with Gasteiger partial charge in [-0.15, -0.1) is 0 Å². The van der Waals surface area contributed by atoms with Crippen molar-refractivity contribution < 1.29 is 14.7 Å². The summed E-state index contributed by atoms with van der Waals surface area (Å²) in [6, 6.07) is 15.6. The summed E-state index contributed by atoms with van der Waals surface area (Å²) in [6.45, 7) is 3.91. The second-order valence-electron chi connectivity index (χ2n) is 5.89. The van der Waals surface area contributed by atoms with Crippen LogP contribution in [0.4, 0.5) is 11.4 Å². The highest BCUT2D eigenvalue weighted by molar-refractivity contribution is 6.44. The van der Waals surface area contributed by atoms with Gasteiger partial charge in [0.15, 0.2) is 0 Å². The van der Waals surface area contributed by atoms with Crippen LogP contribution in [0.25, 0.3) is 10.8 Å². The van der Waals surface area contributed by atoms with Gasteiger partial charge < -0.3 is 15.7 Å². The third kappa shape index (κ3) is 3.45. The van der Waals surface area contributed by atoms with Gasteiger partial charge in [0.25, 0.3) is 0 Å². The van der Waals surface area contributed by atoms with Gasteiger partial charge in [0.1, 0.15) is 5.75 Å². The molecule has 5 heteroatoms. The van der Waals surface area contributed by atoms with Crippen LogP contribution in [0.5, 0.6) is 5.75 Å². The zero-order valence-electron chi connectivity index (χ0n) is 14.0. The number of carbonyl (C=O) groups is 2. The molecule has 0 saturated heterocycles. The lowest BCUT2D eigenvalue weighted by molar-refractivity contribution is -0.132. The fourth-order valence-electron chi connectivity index (χ4n) is 2.59. The Hall–Kier alpha value is -3.34. The molecule has 0 radical (unpaired) electrons. The largest absolute Gasteiger partial charge is 0.507 e. The molecule has 3 rings (SSSR count). The number of benzene rings is 3. The molecule has 5 nitrogen and oxygen atoms in total. The molecule has 0 heterocycles. The topological polar surface area (TPSA) is 78.4 Å². The van der Waals surface area contributed by atoms with Gasteiger partial charge in [-0.3, -0.25) is 9.59 Å². The van der Waals surface area contributed by atoms with Crippen LogP contribution in [0.3, 0.4) is 0 Å². The van der Waals surface area contributed by atoms with Crippen LogP contribution in [0.1, 0.15) is 11.1 Å². The molecule has 0 aliphatic carbocycles. The summed E-state index contributed by atoms with van der Waals surface area (Å²) in [7, 11) is 0. The SMILES string of the molecule is Cc1ccc(NC(=O)C(=O)Nc2cccc3c(O)cccc23)cc1C. The van der Waals surface area contributed by atoms with Crippen molar-refractivity contribution in [2.75, 3.05) is 10.6 Å². The number of fused-ring (bicyclic) bond motifs is 1. The Morgan fingerprint density at radius 2 is 1.48 bits per heavy atom. The van der Waals surface area contributed by atoms with Crippen molar-refractivity contribution in [3.05, 3.63) is 65.7 Å². The van der Waals surface area contributed by atoms with E-state index in [0.717, 1.165) is 11.1 Å². The first-order valence-corrected chi connectivity index (χ1v) is 7.86. The summed E-state index contributed by atoms with van der Waals surface area (Å²) >= 11 is 0. The summed E-state index contributed by atoms with van der Waals surface area (Å²) in [4.78, 5) is 24.4. The number of nitrogens with one attached hydrogen (secondary N) is 2. The number of hydrogen-bond acceptors (Lipinski definition) is 3. The van der Waals surface area contributed by atoms with E-state index in [1.807, 2.05) is 26.0 Å². The number of aromatic hydroxyl groups is 1. The Balaban J connectivity index is 1.79. The van der Waals surface area contributed by atoms with Crippen LogP contribution in [0, 0.1) is 13.8 Å². The molecule has 3 aromatic carbocycles. The minimum atomic E-state index is -0.769. The Kier molecular flexibility index (Phi) is 4.39. The predicted molar refractivity (Wildman–Crippen MR) is 98.8 cm³/mol. The Morgan fingerprint density at radius 1 is 0.800 bits per heavy atom. The van der Waals surface area contributed by atoms with Crippen LogP contribution in [-0.2, 0) is 9.59 Å². The van der Waals surface area contributed by atoms with Gasteiger partial charge in [0.05, 0.1) is 0 Å². The molecule has 0 aliphatic rings. The Bertz CT molecular complexity index is 980. The average Bonchev–Trinajstić information content (AvgIpc) is 2.59. The van der Waals surface area contributed by atoms with Crippen molar-refractivity contribution in [3.8, 4) is 5.75 Å². The first kappa shape index (κ1) is 16.5. The van der Waals surface area contributed by atoms with E-state index in [1.54, 1.807) is 42.5 Å². The third-order valence-electron chi connectivity index (χ3n) is 4.12. The molecule has 2 amide bonds.